The quantitative estimate of drug-likeness (QED) is 0.665. The number of aromatic nitrogens is 3. The van der Waals surface area contributed by atoms with Gasteiger partial charge in [0, 0.05) is 43.5 Å². The molecule has 29 heavy (non-hydrogen) atoms. The van der Waals surface area contributed by atoms with Crippen LogP contribution in [0.15, 0.2) is 66.0 Å². The summed E-state index contributed by atoms with van der Waals surface area (Å²) in [4.78, 5) is 15.1. The highest BCUT2D eigenvalue weighted by atomic mass is 35.5. The lowest BCUT2D eigenvalue weighted by Gasteiger charge is -2.34. The Hall–Kier alpha value is -2.75. The lowest BCUT2D eigenvalue weighted by molar-refractivity contribution is 0.384. The summed E-state index contributed by atoms with van der Waals surface area (Å²) in [7, 11) is -3.54. The maximum Gasteiger partial charge on any atom is 0.243 e. The van der Waals surface area contributed by atoms with Gasteiger partial charge < -0.3 is 10.2 Å². The van der Waals surface area contributed by atoms with Crippen LogP contribution in [0, 0.1) is 0 Å². The molecule has 150 valence electrons. The average Bonchev–Trinajstić information content (AvgIpc) is 2.75. The van der Waals surface area contributed by atoms with Crippen molar-refractivity contribution in [1.29, 1.82) is 0 Å². The minimum atomic E-state index is -3.54. The summed E-state index contributed by atoms with van der Waals surface area (Å²) in [5.74, 6) is 2.06. The predicted octanol–water partition coefficient (Wildman–Crippen LogP) is 2.78. The molecular formula is C19H19ClN6O2S. The normalized spacial score (nSPS) is 15.3. The number of pyridine rings is 1. The van der Waals surface area contributed by atoms with Crippen LogP contribution in [0.3, 0.4) is 0 Å². The summed E-state index contributed by atoms with van der Waals surface area (Å²) in [5.41, 5.74) is 0. The average molecular weight is 431 g/mol. The molecule has 1 N–H and O–H groups in total. The van der Waals surface area contributed by atoms with E-state index in [1.165, 1.54) is 22.8 Å². The van der Waals surface area contributed by atoms with Gasteiger partial charge in [0.15, 0.2) is 0 Å². The number of hydrogen-bond donors (Lipinski definition) is 1. The van der Waals surface area contributed by atoms with Crippen molar-refractivity contribution >= 4 is 39.1 Å². The number of halogens is 1. The van der Waals surface area contributed by atoms with Crippen LogP contribution in [0.25, 0.3) is 0 Å². The van der Waals surface area contributed by atoms with Gasteiger partial charge in [-0.3, -0.25) is 0 Å². The highest BCUT2D eigenvalue weighted by Crippen LogP contribution is 2.22. The highest BCUT2D eigenvalue weighted by molar-refractivity contribution is 7.89. The Labute approximate surface area is 174 Å². The molecule has 3 heterocycles. The van der Waals surface area contributed by atoms with E-state index in [0.717, 1.165) is 5.82 Å². The van der Waals surface area contributed by atoms with Crippen LogP contribution in [0.4, 0.5) is 17.5 Å². The van der Waals surface area contributed by atoms with E-state index in [-0.39, 0.29) is 4.90 Å². The van der Waals surface area contributed by atoms with Crippen molar-refractivity contribution in [3.63, 3.8) is 0 Å². The number of hydrogen-bond acceptors (Lipinski definition) is 7. The van der Waals surface area contributed by atoms with Gasteiger partial charge in [0.2, 0.25) is 10.0 Å². The molecule has 0 saturated carbocycles. The zero-order valence-electron chi connectivity index (χ0n) is 15.4. The SMILES string of the molecule is O=S(=O)(c1ccc(Cl)cc1)N1CCN(c2cc(Nc3ccccn3)ncn2)CC1. The fourth-order valence-electron chi connectivity index (χ4n) is 3.07. The summed E-state index contributed by atoms with van der Waals surface area (Å²) >= 11 is 5.86. The van der Waals surface area contributed by atoms with E-state index >= 15 is 0 Å². The molecule has 0 atom stereocenters. The second-order valence-corrected chi connectivity index (χ2v) is 8.82. The van der Waals surface area contributed by atoms with Crippen LogP contribution in [-0.2, 0) is 10.0 Å². The molecule has 1 aliphatic rings. The number of nitrogens with zero attached hydrogens (tertiary/aromatic N) is 5. The van der Waals surface area contributed by atoms with Gasteiger partial charge >= 0.3 is 0 Å². The van der Waals surface area contributed by atoms with E-state index < -0.39 is 10.0 Å². The maximum atomic E-state index is 12.8. The molecule has 8 nitrogen and oxygen atoms in total. The fraction of sp³-hybridized carbons (Fsp3) is 0.211. The van der Waals surface area contributed by atoms with Crippen LogP contribution >= 0.6 is 11.6 Å². The van der Waals surface area contributed by atoms with Crippen molar-refractivity contribution in [1.82, 2.24) is 19.3 Å². The Balaban J connectivity index is 1.43. The van der Waals surface area contributed by atoms with Gasteiger partial charge in [0.1, 0.15) is 23.8 Å². The zero-order valence-corrected chi connectivity index (χ0v) is 17.0. The van der Waals surface area contributed by atoms with Crippen LogP contribution in [0.1, 0.15) is 0 Å². The minimum absolute atomic E-state index is 0.249. The van der Waals surface area contributed by atoms with E-state index in [2.05, 4.69) is 20.3 Å². The molecule has 10 heteroatoms. The molecule has 0 amide bonds. The molecule has 0 spiro atoms. The van der Waals surface area contributed by atoms with Gasteiger partial charge in [0.05, 0.1) is 4.90 Å². The first-order valence-electron chi connectivity index (χ1n) is 9.03. The molecule has 0 aliphatic carbocycles. The van der Waals surface area contributed by atoms with Crippen molar-refractivity contribution in [3.05, 3.63) is 66.1 Å². The first kappa shape index (κ1) is 19.6. The summed E-state index contributed by atoms with van der Waals surface area (Å²) in [6.45, 7) is 1.82. The second kappa shape index (κ2) is 8.32. The van der Waals surface area contributed by atoms with Crippen molar-refractivity contribution in [2.45, 2.75) is 4.90 Å². The number of rotatable bonds is 5. The van der Waals surface area contributed by atoms with Crippen molar-refractivity contribution in [2.24, 2.45) is 0 Å². The van der Waals surface area contributed by atoms with E-state index in [1.54, 1.807) is 18.3 Å². The zero-order chi connectivity index (χ0) is 20.3. The standard InChI is InChI=1S/C19H19ClN6O2S/c20-15-4-6-16(7-5-15)29(27,28)26-11-9-25(10-12-26)19-13-18(22-14-23-19)24-17-3-1-2-8-21-17/h1-8,13-14H,9-12H2,(H,21,22,23,24). The number of sulfonamides is 1. The lowest BCUT2D eigenvalue weighted by atomic mass is 10.3. The Kier molecular flexibility index (Phi) is 5.61. The van der Waals surface area contributed by atoms with Crippen molar-refractivity contribution in [2.75, 3.05) is 36.4 Å². The Morgan fingerprint density at radius 2 is 1.66 bits per heavy atom. The third-order valence-electron chi connectivity index (χ3n) is 4.59. The molecule has 4 rings (SSSR count). The van der Waals surface area contributed by atoms with Gasteiger partial charge in [-0.1, -0.05) is 17.7 Å². The van der Waals surface area contributed by atoms with E-state index in [9.17, 15) is 8.42 Å². The Morgan fingerprint density at radius 3 is 2.34 bits per heavy atom. The van der Waals surface area contributed by atoms with Crippen LogP contribution in [0.5, 0.6) is 0 Å². The Morgan fingerprint density at radius 1 is 0.897 bits per heavy atom. The monoisotopic (exact) mass is 430 g/mol. The minimum Gasteiger partial charge on any atom is -0.354 e. The number of benzene rings is 1. The number of piperazine rings is 1. The van der Waals surface area contributed by atoms with Crippen LogP contribution in [-0.4, -0.2) is 53.9 Å². The predicted molar refractivity (Wildman–Crippen MR) is 112 cm³/mol. The molecule has 1 aliphatic heterocycles. The van der Waals surface area contributed by atoms with Gasteiger partial charge in [-0.25, -0.2) is 23.4 Å². The summed E-state index contributed by atoms with van der Waals surface area (Å²) in [6, 6.07) is 13.6. The summed E-state index contributed by atoms with van der Waals surface area (Å²) < 4.78 is 27.1. The number of anilines is 3. The highest BCUT2D eigenvalue weighted by Gasteiger charge is 2.29. The van der Waals surface area contributed by atoms with Crippen LogP contribution in [0.2, 0.25) is 5.02 Å². The van der Waals surface area contributed by atoms with E-state index in [0.29, 0.717) is 42.8 Å². The van der Waals surface area contributed by atoms with Crippen LogP contribution < -0.4 is 10.2 Å². The van der Waals surface area contributed by atoms with E-state index in [1.807, 2.05) is 29.2 Å². The maximum absolute atomic E-state index is 12.8. The molecule has 1 fully saturated rings. The molecule has 1 aromatic carbocycles. The Bertz CT molecular complexity index is 1070. The van der Waals surface area contributed by atoms with Gasteiger partial charge in [-0.2, -0.15) is 4.31 Å². The van der Waals surface area contributed by atoms with Gasteiger partial charge in [-0.15, -0.1) is 0 Å². The van der Waals surface area contributed by atoms with Crippen molar-refractivity contribution < 1.29 is 8.42 Å². The summed E-state index contributed by atoms with van der Waals surface area (Å²) in [6.07, 6.45) is 3.18. The molecule has 2 aromatic heterocycles. The second-order valence-electron chi connectivity index (χ2n) is 6.45. The van der Waals surface area contributed by atoms with E-state index in [4.69, 9.17) is 11.6 Å². The van der Waals surface area contributed by atoms with Gasteiger partial charge in [-0.05, 0) is 36.4 Å². The topological polar surface area (TPSA) is 91.3 Å². The van der Waals surface area contributed by atoms with Crippen molar-refractivity contribution in [3.8, 4) is 0 Å². The molecule has 3 aromatic rings. The first-order chi connectivity index (χ1) is 14.0. The lowest BCUT2D eigenvalue weighted by Crippen LogP contribution is -2.48. The molecule has 0 bridgehead atoms. The molecule has 1 saturated heterocycles. The number of nitrogens with one attached hydrogen (secondary N) is 1. The smallest absolute Gasteiger partial charge is 0.243 e. The fourth-order valence-corrected chi connectivity index (χ4v) is 4.62. The molecule has 0 unspecified atom stereocenters. The van der Waals surface area contributed by atoms with Gasteiger partial charge in [0.25, 0.3) is 0 Å². The summed E-state index contributed by atoms with van der Waals surface area (Å²) in [5, 5.41) is 3.64. The molecular weight excluding hydrogens is 412 g/mol. The third kappa shape index (κ3) is 4.47. The third-order valence-corrected chi connectivity index (χ3v) is 6.75. The largest absolute Gasteiger partial charge is 0.354 e. The first-order valence-corrected chi connectivity index (χ1v) is 10.8. The molecule has 0 radical (unpaired) electrons.